The number of benzene rings is 1. The zero-order chi connectivity index (χ0) is 17.5. The second-order valence-electron chi connectivity index (χ2n) is 5.03. The van der Waals surface area contributed by atoms with E-state index in [4.69, 9.17) is 5.26 Å². The molecule has 0 aliphatic rings. The molecule has 0 saturated heterocycles. The Bertz CT molecular complexity index is 724. The van der Waals surface area contributed by atoms with Crippen LogP contribution in [0.1, 0.15) is 18.9 Å². The van der Waals surface area contributed by atoms with Crippen molar-refractivity contribution in [1.82, 2.24) is 10.2 Å². The van der Waals surface area contributed by atoms with Gasteiger partial charge in [0, 0.05) is 12.2 Å². The van der Waals surface area contributed by atoms with Gasteiger partial charge in [-0.25, -0.2) is 0 Å². The lowest BCUT2D eigenvalue weighted by Crippen LogP contribution is -2.37. The molecule has 0 aliphatic carbocycles. The van der Waals surface area contributed by atoms with Crippen molar-refractivity contribution in [3.8, 4) is 6.07 Å². The van der Waals surface area contributed by atoms with Gasteiger partial charge >= 0.3 is 0 Å². The van der Waals surface area contributed by atoms with Crippen molar-refractivity contribution >= 4 is 46.5 Å². The van der Waals surface area contributed by atoms with Crippen LogP contribution in [0.3, 0.4) is 0 Å². The van der Waals surface area contributed by atoms with Gasteiger partial charge in [0.2, 0.25) is 5.91 Å². The highest BCUT2D eigenvalue weighted by molar-refractivity contribution is 8.03. The molecule has 1 atom stereocenters. The third-order valence-electron chi connectivity index (χ3n) is 3.25. The standard InChI is InChI=1S/C16H18N4OS3/c1-11-5-7-13(8-6-11)20(10-4-9-17)14(21)12(2)23-16-19-18-15(22-3)24-16/h5-8,12H,4,10H2,1-3H3. The van der Waals surface area contributed by atoms with Gasteiger partial charge in [-0.2, -0.15) is 5.26 Å². The maximum atomic E-state index is 12.9. The van der Waals surface area contributed by atoms with Gasteiger partial charge in [-0.15, -0.1) is 10.2 Å². The number of hydrogen-bond donors (Lipinski definition) is 0. The highest BCUT2D eigenvalue weighted by atomic mass is 32.2. The molecule has 0 bridgehead atoms. The summed E-state index contributed by atoms with van der Waals surface area (Å²) in [5.74, 6) is -0.0278. The molecule has 1 aromatic carbocycles. The van der Waals surface area contributed by atoms with Gasteiger partial charge in [0.1, 0.15) is 0 Å². The zero-order valence-corrected chi connectivity index (χ0v) is 16.2. The molecule has 1 heterocycles. The summed E-state index contributed by atoms with van der Waals surface area (Å²) in [4.78, 5) is 14.5. The Morgan fingerprint density at radius 1 is 1.33 bits per heavy atom. The summed E-state index contributed by atoms with van der Waals surface area (Å²) >= 11 is 4.43. The lowest BCUT2D eigenvalue weighted by Gasteiger charge is -2.24. The molecule has 1 amide bonds. The molecule has 24 heavy (non-hydrogen) atoms. The third-order valence-corrected chi connectivity index (χ3v) is 6.32. The summed E-state index contributed by atoms with van der Waals surface area (Å²) in [6.45, 7) is 4.25. The normalized spacial score (nSPS) is 11.8. The Kier molecular flexibility index (Phi) is 7.09. The Morgan fingerprint density at radius 2 is 2.00 bits per heavy atom. The van der Waals surface area contributed by atoms with Gasteiger partial charge in [-0.05, 0) is 32.2 Å². The number of thioether (sulfide) groups is 2. The van der Waals surface area contributed by atoms with E-state index >= 15 is 0 Å². The molecule has 1 aromatic heterocycles. The fraction of sp³-hybridized carbons (Fsp3) is 0.375. The zero-order valence-electron chi connectivity index (χ0n) is 13.7. The number of aryl methyl sites for hydroxylation is 1. The van der Waals surface area contributed by atoms with Crippen LogP contribution in [0, 0.1) is 18.3 Å². The van der Waals surface area contributed by atoms with Gasteiger partial charge in [0.25, 0.3) is 0 Å². The van der Waals surface area contributed by atoms with Crippen molar-refractivity contribution < 1.29 is 4.79 Å². The molecule has 8 heteroatoms. The van der Waals surface area contributed by atoms with Gasteiger partial charge in [0.05, 0.1) is 17.7 Å². The Labute approximate surface area is 154 Å². The van der Waals surface area contributed by atoms with Crippen molar-refractivity contribution in [2.45, 2.75) is 34.2 Å². The number of carbonyl (C=O) groups is 1. The predicted octanol–water partition coefficient (Wildman–Crippen LogP) is 4.00. The quantitative estimate of drug-likeness (QED) is 0.678. The average molecular weight is 379 g/mol. The summed E-state index contributed by atoms with van der Waals surface area (Å²) in [6.07, 6.45) is 2.25. The monoisotopic (exact) mass is 378 g/mol. The van der Waals surface area contributed by atoms with E-state index in [1.807, 2.05) is 44.4 Å². The number of nitriles is 1. The van der Waals surface area contributed by atoms with Crippen LogP contribution in [0.4, 0.5) is 5.69 Å². The summed E-state index contributed by atoms with van der Waals surface area (Å²) in [5.41, 5.74) is 1.95. The molecule has 0 spiro atoms. The topological polar surface area (TPSA) is 69.9 Å². The molecule has 1 unspecified atom stereocenters. The van der Waals surface area contributed by atoms with Crippen LogP contribution in [0.5, 0.6) is 0 Å². The second kappa shape index (κ2) is 9.06. The number of aromatic nitrogens is 2. The first kappa shape index (κ1) is 18.8. The number of carbonyl (C=O) groups excluding carboxylic acids is 1. The van der Waals surface area contributed by atoms with Crippen molar-refractivity contribution in [2.24, 2.45) is 0 Å². The summed E-state index contributed by atoms with van der Waals surface area (Å²) < 4.78 is 1.67. The largest absolute Gasteiger partial charge is 0.310 e. The van der Waals surface area contributed by atoms with E-state index in [1.54, 1.807) is 16.7 Å². The second-order valence-corrected chi connectivity index (χ2v) is 8.65. The molecule has 0 fully saturated rings. The van der Waals surface area contributed by atoms with E-state index in [0.29, 0.717) is 13.0 Å². The third kappa shape index (κ3) is 4.97. The smallest absolute Gasteiger partial charge is 0.240 e. The fourth-order valence-corrected chi connectivity index (χ4v) is 4.65. The highest BCUT2D eigenvalue weighted by Gasteiger charge is 2.24. The van der Waals surface area contributed by atoms with Crippen LogP contribution in [0.25, 0.3) is 0 Å². The van der Waals surface area contributed by atoms with Crippen LogP contribution in [0.2, 0.25) is 0 Å². The molecular weight excluding hydrogens is 360 g/mol. The number of hydrogen-bond acceptors (Lipinski definition) is 7. The van der Waals surface area contributed by atoms with Crippen molar-refractivity contribution in [1.29, 1.82) is 5.26 Å². The highest BCUT2D eigenvalue weighted by Crippen LogP contribution is 2.31. The predicted molar refractivity (Wildman–Crippen MR) is 101 cm³/mol. The van der Waals surface area contributed by atoms with Gasteiger partial charge < -0.3 is 4.90 Å². The average Bonchev–Trinajstić information content (AvgIpc) is 3.04. The first-order chi connectivity index (χ1) is 11.5. The maximum Gasteiger partial charge on any atom is 0.240 e. The summed E-state index contributed by atoms with van der Waals surface area (Å²) in [6, 6.07) is 9.88. The van der Waals surface area contributed by atoms with E-state index in [9.17, 15) is 4.79 Å². The minimum atomic E-state index is -0.298. The van der Waals surface area contributed by atoms with Crippen molar-refractivity contribution in [3.05, 3.63) is 29.8 Å². The van der Waals surface area contributed by atoms with Gasteiger partial charge in [0.15, 0.2) is 8.68 Å². The molecule has 5 nitrogen and oxygen atoms in total. The first-order valence-corrected chi connectivity index (χ1v) is 10.3. The van der Waals surface area contributed by atoms with E-state index in [2.05, 4.69) is 16.3 Å². The van der Waals surface area contributed by atoms with Crippen LogP contribution >= 0.6 is 34.9 Å². The molecule has 0 N–H and O–H groups in total. The fourth-order valence-electron chi connectivity index (χ4n) is 2.00. The number of amides is 1. The number of rotatable bonds is 7. The van der Waals surface area contributed by atoms with E-state index < -0.39 is 0 Å². The molecule has 126 valence electrons. The summed E-state index contributed by atoms with van der Waals surface area (Å²) in [7, 11) is 0. The minimum Gasteiger partial charge on any atom is -0.310 e. The van der Waals surface area contributed by atoms with Crippen molar-refractivity contribution in [3.63, 3.8) is 0 Å². The lowest BCUT2D eigenvalue weighted by molar-refractivity contribution is -0.117. The van der Waals surface area contributed by atoms with E-state index in [1.165, 1.54) is 23.1 Å². The first-order valence-electron chi connectivity index (χ1n) is 7.34. The number of nitrogens with zero attached hydrogens (tertiary/aromatic N) is 4. The molecule has 2 rings (SSSR count). The van der Waals surface area contributed by atoms with E-state index in [0.717, 1.165) is 19.9 Å². The van der Waals surface area contributed by atoms with Gasteiger partial charge in [-0.3, -0.25) is 4.79 Å². The van der Waals surface area contributed by atoms with Crippen molar-refractivity contribution in [2.75, 3.05) is 17.7 Å². The molecule has 0 saturated carbocycles. The minimum absolute atomic E-state index is 0.0278. The molecular formula is C16H18N4OS3. The van der Waals surface area contributed by atoms with Crippen LogP contribution < -0.4 is 4.90 Å². The molecule has 0 aliphatic heterocycles. The Morgan fingerprint density at radius 3 is 2.58 bits per heavy atom. The lowest BCUT2D eigenvalue weighted by atomic mass is 10.2. The SMILES string of the molecule is CSc1nnc(SC(C)C(=O)N(CCC#N)c2ccc(C)cc2)s1. The van der Waals surface area contributed by atoms with Crippen LogP contribution in [-0.4, -0.2) is 34.2 Å². The van der Waals surface area contributed by atoms with Gasteiger partial charge in [-0.1, -0.05) is 52.6 Å². The van der Waals surface area contributed by atoms with Crippen LogP contribution in [0.15, 0.2) is 32.9 Å². The molecule has 0 radical (unpaired) electrons. The Balaban J connectivity index is 2.13. The van der Waals surface area contributed by atoms with Crippen LogP contribution in [-0.2, 0) is 4.79 Å². The number of anilines is 1. The maximum absolute atomic E-state index is 12.9. The summed E-state index contributed by atoms with van der Waals surface area (Å²) in [5, 5.41) is 16.7. The molecule has 2 aromatic rings. The van der Waals surface area contributed by atoms with E-state index in [-0.39, 0.29) is 11.2 Å². The Hall–Kier alpha value is -1.56.